The van der Waals surface area contributed by atoms with Gasteiger partial charge in [0.1, 0.15) is 5.75 Å². The average molecular weight is 490 g/mol. The van der Waals surface area contributed by atoms with Gasteiger partial charge in [0, 0.05) is 24.4 Å². The van der Waals surface area contributed by atoms with Gasteiger partial charge in [-0.2, -0.15) is 4.31 Å². The molecule has 0 unspecified atom stereocenters. The van der Waals surface area contributed by atoms with Crippen molar-refractivity contribution in [1.82, 2.24) is 4.31 Å². The molecular weight excluding hydrogens is 462 g/mol. The Hall–Kier alpha value is -2.56. The summed E-state index contributed by atoms with van der Waals surface area (Å²) in [7, 11) is -2.23. The van der Waals surface area contributed by atoms with Crippen LogP contribution in [0.25, 0.3) is 0 Å². The Bertz CT molecular complexity index is 1140. The van der Waals surface area contributed by atoms with E-state index >= 15 is 0 Å². The standard InChI is InChI=1S/C23H27N3O5S2/c1-31-19-11-10-16(33(29,30)26-12-6-2-3-7-13-26)14-18(19)24-22(27)15-21-23(28)25-17-8-4-5-9-20(17)32-21/h4-5,8-11,14,21H,2-3,6-7,12-13,15H2,1H3,(H,24,27)(H,25,28)/t21-/m0/s1. The molecule has 1 fully saturated rings. The van der Waals surface area contributed by atoms with Crippen molar-refractivity contribution in [2.24, 2.45) is 0 Å². The number of nitrogens with one attached hydrogen (secondary N) is 2. The average Bonchev–Trinajstić information content (AvgIpc) is 3.10. The molecule has 2 aromatic rings. The van der Waals surface area contributed by atoms with Gasteiger partial charge in [-0.05, 0) is 43.2 Å². The molecule has 33 heavy (non-hydrogen) atoms. The number of fused-ring (bicyclic) bond motifs is 1. The van der Waals surface area contributed by atoms with Crippen molar-refractivity contribution >= 4 is 45.0 Å². The van der Waals surface area contributed by atoms with Crippen LogP contribution >= 0.6 is 11.8 Å². The number of nitrogens with zero attached hydrogens (tertiary/aromatic N) is 1. The van der Waals surface area contributed by atoms with Gasteiger partial charge in [0.05, 0.1) is 28.6 Å². The molecule has 10 heteroatoms. The van der Waals surface area contributed by atoms with Gasteiger partial charge < -0.3 is 15.4 Å². The Morgan fingerprint density at radius 3 is 2.61 bits per heavy atom. The summed E-state index contributed by atoms with van der Waals surface area (Å²) in [6.07, 6.45) is 3.66. The number of rotatable bonds is 6. The summed E-state index contributed by atoms with van der Waals surface area (Å²) in [5, 5.41) is 4.98. The number of methoxy groups -OCH3 is 1. The zero-order valence-corrected chi connectivity index (χ0v) is 20.0. The van der Waals surface area contributed by atoms with Crippen LogP contribution in [0.4, 0.5) is 11.4 Å². The van der Waals surface area contributed by atoms with Crippen LogP contribution in [-0.2, 0) is 19.6 Å². The SMILES string of the molecule is COc1ccc(S(=O)(=O)N2CCCCCC2)cc1NC(=O)C[C@@H]1Sc2ccccc2NC1=O. The smallest absolute Gasteiger partial charge is 0.243 e. The molecule has 4 rings (SSSR count). The van der Waals surface area contributed by atoms with Crippen LogP contribution in [0.1, 0.15) is 32.1 Å². The van der Waals surface area contributed by atoms with Gasteiger partial charge >= 0.3 is 0 Å². The fourth-order valence-corrected chi connectivity index (χ4v) is 6.63. The van der Waals surface area contributed by atoms with Crippen molar-refractivity contribution < 1.29 is 22.7 Å². The van der Waals surface area contributed by atoms with E-state index in [1.165, 1.54) is 35.3 Å². The fourth-order valence-electron chi connectivity index (χ4n) is 3.97. The van der Waals surface area contributed by atoms with E-state index in [0.717, 1.165) is 36.3 Å². The third-order valence-corrected chi connectivity index (χ3v) is 8.90. The highest BCUT2D eigenvalue weighted by atomic mass is 32.2. The lowest BCUT2D eigenvalue weighted by Crippen LogP contribution is -2.33. The molecule has 2 heterocycles. The molecule has 0 bridgehead atoms. The summed E-state index contributed by atoms with van der Waals surface area (Å²) in [4.78, 5) is 26.2. The van der Waals surface area contributed by atoms with Crippen LogP contribution in [-0.4, -0.2) is 50.0 Å². The van der Waals surface area contributed by atoms with E-state index in [4.69, 9.17) is 4.74 Å². The first kappa shape index (κ1) is 23.6. The van der Waals surface area contributed by atoms with E-state index in [0.29, 0.717) is 18.8 Å². The molecule has 0 spiro atoms. The number of sulfonamides is 1. The molecule has 0 aliphatic carbocycles. The van der Waals surface area contributed by atoms with E-state index in [-0.39, 0.29) is 22.9 Å². The number of benzene rings is 2. The summed E-state index contributed by atoms with van der Waals surface area (Å²) in [5.41, 5.74) is 0.997. The van der Waals surface area contributed by atoms with Crippen molar-refractivity contribution in [1.29, 1.82) is 0 Å². The fraction of sp³-hybridized carbons (Fsp3) is 0.391. The number of carbonyl (C=O) groups is 2. The molecule has 2 aliphatic heterocycles. The number of hydrogen-bond donors (Lipinski definition) is 2. The van der Waals surface area contributed by atoms with Crippen LogP contribution in [0, 0.1) is 0 Å². The third kappa shape index (κ3) is 5.34. The lowest BCUT2D eigenvalue weighted by Gasteiger charge is -2.24. The molecular formula is C23H27N3O5S2. The molecule has 1 atom stereocenters. The number of thioether (sulfide) groups is 1. The zero-order valence-electron chi connectivity index (χ0n) is 18.4. The number of carbonyl (C=O) groups excluding carboxylic acids is 2. The van der Waals surface area contributed by atoms with E-state index in [2.05, 4.69) is 10.6 Å². The van der Waals surface area contributed by atoms with Gasteiger partial charge in [-0.1, -0.05) is 25.0 Å². The number of ether oxygens (including phenoxy) is 1. The van der Waals surface area contributed by atoms with Gasteiger partial charge in [-0.15, -0.1) is 11.8 Å². The van der Waals surface area contributed by atoms with Crippen molar-refractivity contribution in [3.63, 3.8) is 0 Å². The van der Waals surface area contributed by atoms with Crippen molar-refractivity contribution in [3.8, 4) is 5.75 Å². The lowest BCUT2D eigenvalue weighted by molar-refractivity contribution is -0.120. The number of hydrogen-bond acceptors (Lipinski definition) is 6. The Balaban J connectivity index is 1.50. The van der Waals surface area contributed by atoms with E-state index in [9.17, 15) is 18.0 Å². The molecule has 2 aliphatic rings. The molecule has 0 saturated carbocycles. The predicted molar refractivity (Wildman–Crippen MR) is 128 cm³/mol. The first-order valence-electron chi connectivity index (χ1n) is 10.9. The maximum absolute atomic E-state index is 13.2. The second-order valence-electron chi connectivity index (χ2n) is 8.02. The maximum Gasteiger partial charge on any atom is 0.243 e. The first-order valence-corrected chi connectivity index (χ1v) is 13.2. The minimum atomic E-state index is -3.68. The monoisotopic (exact) mass is 489 g/mol. The minimum absolute atomic E-state index is 0.0584. The Labute approximate surface area is 198 Å². The van der Waals surface area contributed by atoms with E-state index in [1.54, 1.807) is 6.07 Å². The highest BCUT2D eigenvalue weighted by molar-refractivity contribution is 8.01. The molecule has 8 nitrogen and oxygen atoms in total. The molecule has 0 aromatic heterocycles. The highest BCUT2D eigenvalue weighted by Crippen LogP contribution is 2.37. The molecule has 1 saturated heterocycles. The first-order chi connectivity index (χ1) is 15.9. The van der Waals surface area contributed by atoms with E-state index in [1.807, 2.05) is 24.3 Å². The van der Waals surface area contributed by atoms with E-state index < -0.39 is 21.2 Å². The van der Waals surface area contributed by atoms with Crippen LogP contribution in [0.5, 0.6) is 5.75 Å². The van der Waals surface area contributed by atoms with Crippen LogP contribution in [0.2, 0.25) is 0 Å². The Morgan fingerprint density at radius 2 is 1.88 bits per heavy atom. The van der Waals surface area contributed by atoms with Crippen LogP contribution in [0.3, 0.4) is 0 Å². The lowest BCUT2D eigenvalue weighted by atomic mass is 10.2. The Kier molecular flexibility index (Phi) is 7.26. The van der Waals surface area contributed by atoms with Gasteiger partial charge in [-0.3, -0.25) is 9.59 Å². The van der Waals surface area contributed by atoms with Crippen molar-refractivity contribution in [3.05, 3.63) is 42.5 Å². The third-order valence-electron chi connectivity index (χ3n) is 5.73. The molecule has 2 aromatic carbocycles. The second kappa shape index (κ2) is 10.1. The number of anilines is 2. The predicted octanol–water partition coefficient (Wildman–Crippen LogP) is 3.70. The highest BCUT2D eigenvalue weighted by Gasteiger charge is 2.30. The van der Waals surface area contributed by atoms with Crippen molar-refractivity contribution in [2.45, 2.75) is 47.1 Å². The topological polar surface area (TPSA) is 105 Å². The van der Waals surface area contributed by atoms with Gasteiger partial charge in [0.25, 0.3) is 0 Å². The largest absolute Gasteiger partial charge is 0.495 e. The summed E-state index contributed by atoms with van der Waals surface area (Å²) in [6.45, 7) is 0.983. The van der Waals surface area contributed by atoms with Crippen molar-refractivity contribution in [2.75, 3.05) is 30.8 Å². The summed E-state index contributed by atoms with van der Waals surface area (Å²) in [6, 6.07) is 11.9. The maximum atomic E-state index is 13.2. The Morgan fingerprint density at radius 1 is 1.15 bits per heavy atom. The summed E-state index contributed by atoms with van der Waals surface area (Å²) < 4.78 is 33.2. The quantitative estimate of drug-likeness (QED) is 0.641. The van der Waals surface area contributed by atoms with Crippen LogP contribution in [0.15, 0.2) is 52.3 Å². The van der Waals surface area contributed by atoms with Crippen LogP contribution < -0.4 is 15.4 Å². The normalized spacial score (nSPS) is 19.2. The molecule has 2 amide bonds. The minimum Gasteiger partial charge on any atom is -0.495 e. The molecule has 2 N–H and O–H groups in total. The number of para-hydroxylation sites is 1. The summed E-state index contributed by atoms with van der Waals surface area (Å²) >= 11 is 1.34. The molecule has 0 radical (unpaired) electrons. The summed E-state index contributed by atoms with van der Waals surface area (Å²) in [5.74, 6) is -0.285. The van der Waals surface area contributed by atoms with Gasteiger partial charge in [-0.25, -0.2) is 8.42 Å². The number of amides is 2. The molecule has 176 valence electrons. The van der Waals surface area contributed by atoms with Gasteiger partial charge in [0.2, 0.25) is 21.8 Å². The second-order valence-corrected chi connectivity index (χ2v) is 11.2. The van der Waals surface area contributed by atoms with Gasteiger partial charge in [0.15, 0.2) is 0 Å². The zero-order chi connectivity index (χ0) is 23.4.